The fraction of sp³-hybridized carbons (Fsp3) is 0.588. The maximum Gasteiger partial charge on any atom is 0.236 e. The summed E-state index contributed by atoms with van der Waals surface area (Å²) in [7, 11) is 2.09. The lowest BCUT2D eigenvalue weighted by Gasteiger charge is -2.20. The molecule has 0 spiro atoms. The molecule has 1 amide bonds. The Hall–Kier alpha value is -1.55. The number of anilines is 1. The van der Waals surface area contributed by atoms with Gasteiger partial charge in [0.15, 0.2) is 0 Å². The Morgan fingerprint density at radius 2 is 1.86 bits per heavy atom. The van der Waals surface area contributed by atoms with Crippen LogP contribution in [0.5, 0.6) is 0 Å². The minimum Gasteiger partial charge on any atom is -0.375 e. The number of nitrogens with one attached hydrogen (secondary N) is 2. The summed E-state index contributed by atoms with van der Waals surface area (Å²) in [6, 6.07) is 10.2. The van der Waals surface area contributed by atoms with Gasteiger partial charge in [-0.25, -0.2) is 0 Å². The van der Waals surface area contributed by atoms with Gasteiger partial charge < -0.3 is 15.5 Å². The molecule has 1 atom stereocenters. The zero-order chi connectivity index (χ0) is 15.7. The first kappa shape index (κ1) is 17.5. The average Bonchev–Trinajstić information content (AvgIpc) is 2.49. The summed E-state index contributed by atoms with van der Waals surface area (Å²) in [5.74, 6) is 0.570. The van der Waals surface area contributed by atoms with E-state index in [-0.39, 0.29) is 11.9 Å². The lowest BCUT2D eigenvalue weighted by Crippen LogP contribution is -2.43. The minimum absolute atomic E-state index is 0.0834. The summed E-state index contributed by atoms with van der Waals surface area (Å²) in [5.41, 5.74) is 1.22. The van der Waals surface area contributed by atoms with Crippen molar-refractivity contribution in [1.29, 1.82) is 0 Å². The Morgan fingerprint density at radius 3 is 2.48 bits per heavy atom. The molecule has 118 valence electrons. The van der Waals surface area contributed by atoms with Crippen LogP contribution >= 0.6 is 0 Å². The van der Waals surface area contributed by atoms with E-state index in [4.69, 9.17) is 0 Å². The van der Waals surface area contributed by atoms with E-state index >= 15 is 0 Å². The van der Waals surface area contributed by atoms with Crippen LogP contribution < -0.4 is 15.5 Å². The molecule has 0 saturated carbocycles. The monoisotopic (exact) mass is 291 g/mol. The summed E-state index contributed by atoms with van der Waals surface area (Å²) in [6.45, 7) is 8.65. The first-order valence-corrected chi connectivity index (χ1v) is 7.78. The molecular formula is C17H29N3O. The molecular weight excluding hydrogens is 262 g/mol. The summed E-state index contributed by atoms with van der Waals surface area (Å²) >= 11 is 0. The van der Waals surface area contributed by atoms with Gasteiger partial charge in [0.25, 0.3) is 0 Å². The van der Waals surface area contributed by atoms with Crippen LogP contribution in [0.1, 0.15) is 27.2 Å². The molecule has 0 aliphatic heterocycles. The number of hydrogen-bond acceptors (Lipinski definition) is 3. The van der Waals surface area contributed by atoms with Gasteiger partial charge in [0, 0.05) is 25.8 Å². The predicted molar refractivity (Wildman–Crippen MR) is 89.6 cm³/mol. The lowest BCUT2D eigenvalue weighted by atomic mass is 10.2. The number of amides is 1. The van der Waals surface area contributed by atoms with Crippen molar-refractivity contribution in [3.05, 3.63) is 30.3 Å². The second kappa shape index (κ2) is 9.40. The van der Waals surface area contributed by atoms with Gasteiger partial charge in [0.05, 0.1) is 6.04 Å². The second-order valence-electron chi connectivity index (χ2n) is 5.93. The van der Waals surface area contributed by atoms with Crippen molar-refractivity contribution in [3.8, 4) is 0 Å². The average molecular weight is 291 g/mol. The van der Waals surface area contributed by atoms with Gasteiger partial charge in [-0.05, 0) is 37.9 Å². The van der Waals surface area contributed by atoms with E-state index in [9.17, 15) is 4.79 Å². The number of hydrogen-bond donors (Lipinski definition) is 2. The number of rotatable bonds is 9. The van der Waals surface area contributed by atoms with Crippen LogP contribution in [0.4, 0.5) is 5.69 Å². The van der Waals surface area contributed by atoms with Crippen molar-refractivity contribution in [1.82, 2.24) is 10.6 Å². The predicted octanol–water partition coefficient (Wildman–Crippen LogP) is 2.26. The molecule has 0 aliphatic rings. The molecule has 1 aromatic rings. The van der Waals surface area contributed by atoms with Crippen molar-refractivity contribution in [2.45, 2.75) is 33.2 Å². The highest BCUT2D eigenvalue weighted by atomic mass is 16.2. The van der Waals surface area contributed by atoms with Crippen LogP contribution in [0.3, 0.4) is 0 Å². The first-order valence-electron chi connectivity index (χ1n) is 7.78. The molecule has 0 saturated heterocycles. The van der Waals surface area contributed by atoms with Crippen molar-refractivity contribution in [3.63, 3.8) is 0 Å². The fourth-order valence-corrected chi connectivity index (χ4v) is 2.00. The van der Waals surface area contributed by atoms with Crippen molar-refractivity contribution >= 4 is 11.6 Å². The highest BCUT2D eigenvalue weighted by Gasteiger charge is 2.11. The van der Waals surface area contributed by atoms with Crippen molar-refractivity contribution in [2.24, 2.45) is 5.92 Å². The summed E-state index contributed by atoms with van der Waals surface area (Å²) in [6.07, 6.45) is 1.01. The quantitative estimate of drug-likeness (QED) is 0.686. The first-order chi connectivity index (χ1) is 10.0. The molecule has 0 heterocycles. The van der Waals surface area contributed by atoms with E-state index in [1.807, 2.05) is 25.1 Å². The van der Waals surface area contributed by atoms with Crippen molar-refractivity contribution in [2.75, 3.05) is 31.6 Å². The van der Waals surface area contributed by atoms with Crippen LogP contribution in [0.25, 0.3) is 0 Å². The molecule has 2 N–H and O–H groups in total. The summed E-state index contributed by atoms with van der Waals surface area (Å²) in [4.78, 5) is 14.0. The van der Waals surface area contributed by atoms with Crippen LogP contribution in [-0.4, -0.2) is 38.6 Å². The van der Waals surface area contributed by atoms with Gasteiger partial charge in [-0.2, -0.15) is 0 Å². The molecule has 0 bridgehead atoms. The SMILES string of the molecule is CC(C)CNC(=O)C(C)NCCCN(C)c1ccccc1. The third-order valence-corrected chi connectivity index (χ3v) is 3.40. The third kappa shape index (κ3) is 7.14. The van der Waals surface area contributed by atoms with E-state index in [0.29, 0.717) is 5.92 Å². The van der Waals surface area contributed by atoms with E-state index in [2.05, 4.69) is 48.6 Å². The number of benzene rings is 1. The number of nitrogens with zero attached hydrogens (tertiary/aromatic N) is 1. The molecule has 21 heavy (non-hydrogen) atoms. The van der Waals surface area contributed by atoms with Crippen LogP contribution in [0.15, 0.2) is 30.3 Å². The highest BCUT2D eigenvalue weighted by Crippen LogP contribution is 2.10. The van der Waals surface area contributed by atoms with Gasteiger partial charge in [-0.1, -0.05) is 32.0 Å². The van der Waals surface area contributed by atoms with Crippen LogP contribution in [0, 0.1) is 5.92 Å². The minimum atomic E-state index is -0.134. The Bertz CT molecular complexity index is 406. The molecule has 0 aromatic heterocycles. The van der Waals surface area contributed by atoms with E-state index in [0.717, 1.165) is 26.1 Å². The Labute approximate surface area is 128 Å². The Kier molecular flexibility index (Phi) is 7.83. The van der Waals surface area contributed by atoms with Crippen LogP contribution in [-0.2, 0) is 4.79 Å². The third-order valence-electron chi connectivity index (χ3n) is 3.40. The molecule has 1 aromatic carbocycles. The molecule has 0 radical (unpaired) electrons. The largest absolute Gasteiger partial charge is 0.375 e. The lowest BCUT2D eigenvalue weighted by molar-refractivity contribution is -0.122. The zero-order valence-electron chi connectivity index (χ0n) is 13.7. The number of para-hydroxylation sites is 1. The van der Waals surface area contributed by atoms with Gasteiger partial charge in [-0.15, -0.1) is 0 Å². The van der Waals surface area contributed by atoms with Gasteiger partial charge >= 0.3 is 0 Å². The molecule has 0 fully saturated rings. The fourth-order valence-electron chi connectivity index (χ4n) is 2.00. The van der Waals surface area contributed by atoms with Crippen LogP contribution in [0.2, 0.25) is 0 Å². The van der Waals surface area contributed by atoms with Gasteiger partial charge in [0.1, 0.15) is 0 Å². The molecule has 4 nitrogen and oxygen atoms in total. The maximum absolute atomic E-state index is 11.8. The highest BCUT2D eigenvalue weighted by molar-refractivity contribution is 5.81. The Balaban J connectivity index is 2.17. The zero-order valence-corrected chi connectivity index (χ0v) is 13.7. The van der Waals surface area contributed by atoms with E-state index in [1.54, 1.807) is 0 Å². The summed E-state index contributed by atoms with van der Waals surface area (Å²) in [5, 5.41) is 6.22. The molecule has 1 unspecified atom stereocenters. The standard InChI is InChI=1S/C17H29N3O/c1-14(2)13-19-17(21)15(3)18-11-8-12-20(4)16-9-6-5-7-10-16/h5-7,9-10,14-15,18H,8,11-13H2,1-4H3,(H,19,21). The van der Waals surface area contributed by atoms with Crippen molar-refractivity contribution < 1.29 is 4.79 Å². The van der Waals surface area contributed by atoms with Gasteiger partial charge in [0.2, 0.25) is 5.91 Å². The number of carbonyl (C=O) groups excluding carboxylic acids is 1. The van der Waals surface area contributed by atoms with E-state index < -0.39 is 0 Å². The molecule has 4 heteroatoms. The number of carbonyl (C=O) groups is 1. The molecule has 0 aliphatic carbocycles. The summed E-state index contributed by atoms with van der Waals surface area (Å²) < 4.78 is 0. The molecule has 1 rings (SSSR count). The van der Waals surface area contributed by atoms with Gasteiger partial charge in [-0.3, -0.25) is 4.79 Å². The second-order valence-corrected chi connectivity index (χ2v) is 5.93. The normalized spacial score (nSPS) is 12.2. The smallest absolute Gasteiger partial charge is 0.236 e. The maximum atomic E-state index is 11.8. The topological polar surface area (TPSA) is 44.4 Å². The van der Waals surface area contributed by atoms with E-state index in [1.165, 1.54) is 5.69 Å². The Morgan fingerprint density at radius 1 is 1.19 bits per heavy atom.